The Morgan fingerprint density at radius 2 is 2.31 bits per heavy atom. The second-order valence-corrected chi connectivity index (χ2v) is 4.31. The average molecular weight is 248 g/mol. The summed E-state index contributed by atoms with van der Waals surface area (Å²) in [4.78, 5) is 12.7. The zero-order chi connectivity index (χ0) is 11.8. The number of fused-ring (bicyclic) bond motifs is 1. The fourth-order valence-corrected chi connectivity index (χ4v) is 2.24. The molecule has 1 aliphatic carbocycles. The van der Waals surface area contributed by atoms with Crippen LogP contribution in [-0.4, -0.2) is 29.2 Å². The van der Waals surface area contributed by atoms with Crippen LogP contribution >= 0.6 is 11.6 Å². The van der Waals surface area contributed by atoms with Crippen molar-refractivity contribution >= 4 is 17.5 Å². The van der Waals surface area contributed by atoms with Gasteiger partial charge in [-0.2, -0.15) is 8.78 Å². The van der Waals surface area contributed by atoms with Crippen LogP contribution < -0.4 is 0 Å². The lowest BCUT2D eigenvalue weighted by molar-refractivity contribution is -0.151. The van der Waals surface area contributed by atoms with Gasteiger partial charge in [0.15, 0.2) is 0 Å². The fourth-order valence-electron chi connectivity index (χ4n) is 2.12. The van der Waals surface area contributed by atoms with Crippen molar-refractivity contribution in [3.8, 4) is 0 Å². The van der Waals surface area contributed by atoms with E-state index in [0.717, 1.165) is 0 Å². The fraction of sp³-hybridized carbons (Fsp3) is 0.545. The van der Waals surface area contributed by atoms with Gasteiger partial charge in [0.25, 0.3) is 5.91 Å². The van der Waals surface area contributed by atoms with Gasteiger partial charge in [-0.05, 0) is 18.9 Å². The van der Waals surface area contributed by atoms with Crippen LogP contribution in [0.5, 0.6) is 0 Å². The SMILES string of the molecule is O=C1N(CCCCl)C2=CC=CCC2C1(F)F. The average Bonchev–Trinajstić information content (AvgIpc) is 2.47. The Hall–Kier alpha value is -0.900. The number of rotatable bonds is 3. The van der Waals surface area contributed by atoms with E-state index in [4.69, 9.17) is 11.6 Å². The smallest absolute Gasteiger partial charge is 0.310 e. The quantitative estimate of drug-likeness (QED) is 0.702. The largest absolute Gasteiger partial charge is 0.333 e. The molecule has 0 radical (unpaired) electrons. The van der Waals surface area contributed by atoms with Gasteiger partial charge in [0.05, 0.1) is 5.92 Å². The molecular weight excluding hydrogens is 236 g/mol. The predicted octanol–water partition coefficient (Wildman–Crippen LogP) is 2.55. The number of carbonyl (C=O) groups excluding carboxylic acids is 1. The third-order valence-electron chi connectivity index (χ3n) is 2.93. The molecule has 0 aromatic rings. The standard InChI is InChI=1S/C11H12ClF2NO/c12-6-3-7-15-9-5-2-1-4-8(9)11(13,14)10(15)16/h1-2,5,8H,3-4,6-7H2. The minimum Gasteiger partial charge on any atom is -0.310 e. The Kier molecular flexibility index (Phi) is 3.02. The van der Waals surface area contributed by atoms with Crippen LogP contribution in [0.1, 0.15) is 12.8 Å². The first-order valence-electron chi connectivity index (χ1n) is 5.21. The maximum absolute atomic E-state index is 13.7. The molecule has 1 heterocycles. The molecule has 0 saturated carbocycles. The Bertz CT molecular complexity index is 365. The van der Waals surface area contributed by atoms with Gasteiger partial charge in [-0.3, -0.25) is 4.79 Å². The molecule has 1 unspecified atom stereocenters. The molecule has 0 aromatic heterocycles. The van der Waals surface area contributed by atoms with Crippen molar-refractivity contribution in [3.63, 3.8) is 0 Å². The van der Waals surface area contributed by atoms with Crippen molar-refractivity contribution in [1.82, 2.24) is 4.90 Å². The van der Waals surface area contributed by atoms with Crippen LogP contribution in [0.4, 0.5) is 8.78 Å². The van der Waals surface area contributed by atoms with E-state index in [9.17, 15) is 13.6 Å². The Labute approximate surface area is 97.6 Å². The van der Waals surface area contributed by atoms with E-state index in [1.165, 1.54) is 4.90 Å². The molecule has 16 heavy (non-hydrogen) atoms. The zero-order valence-corrected chi connectivity index (χ0v) is 9.38. The number of nitrogens with zero attached hydrogens (tertiary/aromatic N) is 1. The molecule has 0 spiro atoms. The van der Waals surface area contributed by atoms with Crippen molar-refractivity contribution in [2.75, 3.05) is 12.4 Å². The van der Waals surface area contributed by atoms with Crippen LogP contribution in [0.2, 0.25) is 0 Å². The minimum absolute atomic E-state index is 0.224. The van der Waals surface area contributed by atoms with Gasteiger partial charge in [0, 0.05) is 18.1 Å². The van der Waals surface area contributed by atoms with E-state index in [-0.39, 0.29) is 13.0 Å². The van der Waals surface area contributed by atoms with E-state index in [1.807, 2.05) is 0 Å². The Balaban J connectivity index is 2.27. The highest BCUT2D eigenvalue weighted by atomic mass is 35.5. The van der Waals surface area contributed by atoms with Crippen LogP contribution in [0, 0.1) is 5.92 Å². The highest BCUT2D eigenvalue weighted by Gasteiger charge is 2.58. The number of hydrogen-bond donors (Lipinski definition) is 0. The maximum Gasteiger partial charge on any atom is 0.333 e. The molecule has 2 aliphatic rings. The lowest BCUT2D eigenvalue weighted by Crippen LogP contribution is -2.35. The molecule has 1 amide bonds. The summed E-state index contributed by atoms with van der Waals surface area (Å²) in [6.07, 6.45) is 5.73. The summed E-state index contributed by atoms with van der Waals surface area (Å²) < 4.78 is 27.3. The van der Waals surface area contributed by atoms with Gasteiger partial charge in [-0.15, -0.1) is 11.6 Å². The van der Waals surface area contributed by atoms with Crippen LogP contribution in [0.15, 0.2) is 23.9 Å². The highest BCUT2D eigenvalue weighted by molar-refractivity contribution is 6.17. The summed E-state index contributed by atoms with van der Waals surface area (Å²) in [5, 5.41) is 0. The van der Waals surface area contributed by atoms with Gasteiger partial charge >= 0.3 is 5.92 Å². The highest BCUT2D eigenvalue weighted by Crippen LogP contribution is 2.45. The van der Waals surface area contributed by atoms with Crippen LogP contribution in [0.25, 0.3) is 0 Å². The van der Waals surface area contributed by atoms with Crippen molar-refractivity contribution in [2.24, 2.45) is 5.92 Å². The summed E-state index contributed by atoms with van der Waals surface area (Å²) >= 11 is 5.51. The summed E-state index contributed by atoms with van der Waals surface area (Å²) in [6, 6.07) is 0. The third kappa shape index (κ3) is 1.65. The number of likely N-dealkylation sites (tertiary alicyclic amines) is 1. The summed E-state index contributed by atoms with van der Waals surface area (Å²) in [5.74, 6) is -4.97. The van der Waals surface area contributed by atoms with Crippen molar-refractivity contribution < 1.29 is 13.6 Å². The van der Waals surface area contributed by atoms with Gasteiger partial charge in [0.1, 0.15) is 0 Å². The predicted molar refractivity (Wildman–Crippen MR) is 57.3 cm³/mol. The normalized spacial score (nSPS) is 26.9. The van der Waals surface area contributed by atoms with Crippen molar-refractivity contribution in [2.45, 2.75) is 18.8 Å². The van der Waals surface area contributed by atoms with E-state index in [2.05, 4.69) is 0 Å². The second kappa shape index (κ2) is 4.17. The second-order valence-electron chi connectivity index (χ2n) is 3.93. The summed E-state index contributed by atoms with van der Waals surface area (Å²) in [5.41, 5.74) is 0.433. The van der Waals surface area contributed by atoms with Crippen LogP contribution in [-0.2, 0) is 4.79 Å². The molecule has 1 aliphatic heterocycles. The molecule has 2 nitrogen and oxygen atoms in total. The number of amides is 1. The summed E-state index contributed by atoms with van der Waals surface area (Å²) in [7, 11) is 0. The Morgan fingerprint density at radius 3 is 3.00 bits per heavy atom. The lowest BCUT2D eigenvalue weighted by Gasteiger charge is -2.20. The van der Waals surface area contributed by atoms with Crippen molar-refractivity contribution in [3.05, 3.63) is 23.9 Å². The third-order valence-corrected chi connectivity index (χ3v) is 3.19. The number of carbonyl (C=O) groups is 1. The van der Waals surface area contributed by atoms with E-state index >= 15 is 0 Å². The van der Waals surface area contributed by atoms with E-state index in [0.29, 0.717) is 18.0 Å². The van der Waals surface area contributed by atoms with Crippen molar-refractivity contribution in [1.29, 1.82) is 0 Å². The zero-order valence-electron chi connectivity index (χ0n) is 8.63. The maximum atomic E-state index is 13.7. The number of allylic oxidation sites excluding steroid dienone is 4. The number of alkyl halides is 3. The topological polar surface area (TPSA) is 20.3 Å². The first-order valence-corrected chi connectivity index (χ1v) is 5.75. The van der Waals surface area contributed by atoms with E-state index in [1.54, 1.807) is 18.2 Å². The first kappa shape index (κ1) is 11.6. The summed E-state index contributed by atoms with van der Waals surface area (Å²) in [6.45, 7) is 0.272. The molecule has 0 bridgehead atoms. The van der Waals surface area contributed by atoms with E-state index < -0.39 is 17.7 Å². The molecule has 2 rings (SSSR count). The molecule has 1 fully saturated rings. The van der Waals surface area contributed by atoms with Gasteiger partial charge < -0.3 is 4.90 Å². The number of halogens is 3. The minimum atomic E-state index is -3.26. The number of hydrogen-bond acceptors (Lipinski definition) is 1. The Morgan fingerprint density at radius 1 is 1.56 bits per heavy atom. The van der Waals surface area contributed by atoms with Gasteiger partial charge in [-0.25, -0.2) is 0 Å². The van der Waals surface area contributed by atoms with Gasteiger partial charge in [0.2, 0.25) is 0 Å². The molecular formula is C11H12ClF2NO. The molecule has 1 atom stereocenters. The lowest BCUT2D eigenvalue weighted by atomic mass is 9.94. The monoisotopic (exact) mass is 247 g/mol. The molecule has 88 valence electrons. The molecule has 1 saturated heterocycles. The molecule has 5 heteroatoms. The van der Waals surface area contributed by atoms with Gasteiger partial charge in [-0.1, -0.05) is 12.2 Å². The van der Waals surface area contributed by atoms with Crippen LogP contribution in [0.3, 0.4) is 0 Å². The molecule has 0 aromatic carbocycles. The molecule has 0 N–H and O–H groups in total. The first-order chi connectivity index (χ1) is 7.59.